The molecule has 18 heavy (non-hydrogen) atoms. The van der Waals surface area contributed by atoms with Crippen molar-refractivity contribution in [3.05, 3.63) is 35.4 Å². The van der Waals surface area contributed by atoms with Gasteiger partial charge >= 0.3 is 5.97 Å². The van der Waals surface area contributed by atoms with Crippen molar-refractivity contribution in [1.29, 1.82) is 0 Å². The van der Waals surface area contributed by atoms with Crippen LogP contribution in [0.4, 0.5) is 0 Å². The maximum absolute atomic E-state index is 11.2. The standard InChI is InChI=1S/C15H23NO2/c1-3-5-12-6-8-13(9-7-12)14(16)10-11-15(17)18-4-2/h6-9,14H,3-5,10-11,16H2,1-2H3. The van der Waals surface area contributed by atoms with Crippen molar-refractivity contribution in [1.82, 2.24) is 0 Å². The minimum Gasteiger partial charge on any atom is -0.466 e. The van der Waals surface area contributed by atoms with Crippen molar-refractivity contribution in [2.45, 2.75) is 45.6 Å². The molecule has 100 valence electrons. The summed E-state index contributed by atoms with van der Waals surface area (Å²) in [7, 11) is 0. The van der Waals surface area contributed by atoms with E-state index >= 15 is 0 Å². The smallest absolute Gasteiger partial charge is 0.305 e. The number of esters is 1. The first-order valence-corrected chi connectivity index (χ1v) is 6.67. The zero-order valence-corrected chi connectivity index (χ0v) is 11.3. The summed E-state index contributed by atoms with van der Waals surface area (Å²) in [6.07, 6.45) is 3.25. The number of carbonyl (C=O) groups is 1. The summed E-state index contributed by atoms with van der Waals surface area (Å²) >= 11 is 0. The van der Waals surface area contributed by atoms with Crippen LogP contribution >= 0.6 is 0 Å². The van der Waals surface area contributed by atoms with Gasteiger partial charge in [0.1, 0.15) is 0 Å². The molecule has 0 saturated carbocycles. The third-order valence-electron chi connectivity index (χ3n) is 2.91. The number of nitrogens with two attached hydrogens (primary N) is 1. The van der Waals surface area contributed by atoms with Crippen LogP contribution in [-0.4, -0.2) is 12.6 Å². The van der Waals surface area contributed by atoms with Crippen LogP contribution in [0.1, 0.15) is 50.3 Å². The highest BCUT2D eigenvalue weighted by atomic mass is 16.5. The van der Waals surface area contributed by atoms with Crippen LogP contribution in [0.5, 0.6) is 0 Å². The lowest BCUT2D eigenvalue weighted by atomic mass is 10.0. The first-order valence-electron chi connectivity index (χ1n) is 6.67. The minimum atomic E-state index is -0.171. The Labute approximate surface area is 109 Å². The molecule has 1 aromatic rings. The number of hydrogen-bond donors (Lipinski definition) is 1. The molecule has 0 heterocycles. The van der Waals surface area contributed by atoms with Gasteiger partial charge in [0.25, 0.3) is 0 Å². The van der Waals surface area contributed by atoms with Crippen molar-refractivity contribution >= 4 is 5.97 Å². The number of carbonyl (C=O) groups excluding carboxylic acids is 1. The Morgan fingerprint density at radius 1 is 1.28 bits per heavy atom. The van der Waals surface area contributed by atoms with Gasteiger partial charge in [0.15, 0.2) is 0 Å². The summed E-state index contributed by atoms with van der Waals surface area (Å²) in [6.45, 7) is 4.41. The molecule has 0 aliphatic rings. The summed E-state index contributed by atoms with van der Waals surface area (Å²) in [5.74, 6) is -0.171. The van der Waals surface area contributed by atoms with Crippen molar-refractivity contribution in [3.8, 4) is 0 Å². The molecule has 0 aromatic heterocycles. The van der Waals surface area contributed by atoms with E-state index in [0.29, 0.717) is 19.4 Å². The molecule has 1 atom stereocenters. The summed E-state index contributed by atoms with van der Waals surface area (Å²) in [6, 6.07) is 8.25. The van der Waals surface area contributed by atoms with Gasteiger partial charge in [-0.05, 0) is 30.9 Å². The van der Waals surface area contributed by atoms with Gasteiger partial charge in [0, 0.05) is 12.5 Å². The largest absolute Gasteiger partial charge is 0.466 e. The lowest BCUT2D eigenvalue weighted by Gasteiger charge is -2.12. The van der Waals surface area contributed by atoms with E-state index in [9.17, 15) is 4.79 Å². The summed E-state index contributed by atoms with van der Waals surface area (Å²) < 4.78 is 4.88. The van der Waals surface area contributed by atoms with Gasteiger partial charge in [-0.1, -0.05) is 37.6 Å². The van der Waals surface area contributed by atoms with Crippen molar-refractivity contribution < 1.29 is 9.53 Å². The number of ether oxygens (including phenoxy) is 1. The lowest BCUT2D eigenvalue weighted by molar-refractivity contribution is -0.143. The highest BCUT2D eigenvalue weighted by Crippen LogP contribution is 2.17. The maximum Gasteiger partial charge on any atom is 0.305 e. The zero-order chi connectivity index (χ0) is 13.4. The van der Waals surface area contributed by atoms with E-state index in [4.69, 9.17) is 10.5 Å². The second-order valence-corrected chi connectivity index (χ2v) is 4.44. The number of rotatable bonds is 7. The van der Waals surface area contributed by atoms with Crippen molar-refractivity contribution in [2.75, 3.05) is 6.61 Å². The monoisotopic (exact) mass is 249 g/mol. The molecule has 3 heteroatoms. The number of hydrogen-bond acceptors (Lipinski definition) is 3. The van der Waals surface area contributed by atoms with E-state index < -0.39 is 0 Å². The summed E-state index contributed by atoms with van der Waals surface area (Å²) in [5, 5.41) is 0. The Balaban J connectivity index is 2.45. The fourth-order valence-electron chi connectivity index (χ4n) is 1.89. The molecule has 0 fully saturated rings. The van der Waals surface area contributed by atoms with Crippen molar-refractivity contribution in [3.63, 3.8) is 0 Å². The Morgan fingerprint density at radius 2 is 1.94 bits per heavy atom. The zero-order valence-electron chi connectivity index (χ0n) is 11.3. The van der Waals surface area contributed by atoms with Crippen LogP contribution in [-0.2, 0) is 16.0 Å². The molecule has 0 bridgehead atoms. The molecule has 0 aliphatic heterocycles. The molecular weight excluding hydrogens is 226 g/mol. The molecule has 0 radical (unpaired) electrons. The van der Waals surface area contributed by atoms with Crippen molar-refractivity contribution in [2.24, 2.45) is 5.73 Å². The lowest BCUT2D eigenvalue weighted by Crippen LogP contribution is -2.13. The molecule has 1 rings (SSSR count). The first-order chi connectivity index (χ1) is 8.67. The molecule has 0 aliphatic carbocycles. The van der Waals surface area contributed by atoms with Crippen LogP contribution in [0.3, 0.4) is 0 Å². The molecule has 0 saturated heterocycles. The van der Waals surface area contributed by atoms with Gasteiger partial charge in [-0.2, -0.15) is 0 Å². The molecule has 3 nitrogen and oxygen atoms in total. The third kappa shape index (κ3) is 4.88. The number of benzene rings is 1. The topological polar surface area (TPSA) is 52.3 Å². The quantitative estimate of drug-likeness (QED) is 0.756. The molecule has 0 amide bonds. The van der Waals surface area contributed by atoms with Gasteiger partial charge in [-0.15, -0.1) is 0 Å². The van der Waals surface area contributed by atoms with Gasteiger partial charge < -0.3 is 10.5 Å². The fraction of sp³-hybridized carbons (Fsp3) is 0.533. The van der Waals surface area contributed by atoms with E-state index in [0.717, 1.165) is 18.4 Å². The molecular formula is C15H23NO2. The Hall–Kier alpha value is -1.35. The second kappa shape index (κ2) is 7.88. The van der Waals surface area contributed by atoms with E-state index in [1.54, 1.807) is 0 Å². The summed E-state index contributed by atoms with van der Waals surface area (Å²) in [4.78, 5) is 11.2. The second-order valence-electron chi connectivity index (χ2n) is 4.44. The van der Waals surface area contributed by atoms with Gasteiger partial charge in [0.2, 0.25) is 0 Å². The summed E-state index contributed by atoms with van der Waals surface area (Å²) in [5.41, 5.74) is 8.47. The highest BCUT2D eigenvalue weighted by Gasteiger charge is 2.09. The average molecular weight is 249 g/mol. The highest BCUT2D eigenvalue weighted by molar-refractivity contribution is 5.69. The van der Waals surface area contributed by atoms with Gasteiger partial charge in [-0.3, -0.25) is 4.79 Å². The predicted molar refractivity (Wildman–Crippen MR) is 73.2 cm³/mol. The predicted octanol–water partition coefficient (Wildman–Crippen LogP) is 2.98. The molecule has 1 aromatic carbocycles. The number of aryl methyl sites for hydroxylation is 1. The van der Waals surface area contributed by atoms with Crippen LogP contribution < -0.4 is 5.73 Å². The normalized spacial score (nSPS) is 12.2. The van der Waals surface area contributed by atoms with E-state index in [-0.39, 0.29) is 12.0 Å². The van der Waals surface area contributed by atoms with E-state index in [2.05, 4.69) is 31.2 Å². The van der Waals surface area contributed by atoms with Crippen LogP contribution in [0, 0.1) is 0 Å². The Kier molecular flexibility index (Phi) is 6.44. The van der Waals surface area contributed by atoms with Crippen LogP contribution in [0.2, 0.25) is 0 Å². The SMILES string of the molecule is CCCc1ccc(C(N)CCC(=O)OCC)cc1. The Morgan fingerprint density at radius 3 is 2.50 bits per heavy atom. The molecule has 2 N–H and O–H groups in total. The average Bonchev–Trinajstić information content (AvgIpc) is 2.37. The first kappa shape index (κ1) is 14.7. The van der Waals surface area contributed by atoms with Gasteiger partial charge in [0.05, 0.1) is 6.61 Å². The van der Waals surface area contributed by atoms with Gasteiger partial charge in [-0.25, -0.2) is 0 Å². The van der Waals surface area contributed by atoms with E-state index in [1.165, 1.54) is 5.56 Å². The van der Waals surface area contributed by atoms with Crippen LogP contribution in [0.25, 0.3) is 0 Å². The maximum atomic E-state index is 11.2. The minimum absolute atomic E-state index is 0.0925. The Bertz CT molecular complexity index is 359. The van der Waals surface area contributed by atoms with Crippen LogP contribution in [0.15, 0.2) is 24.3 Å². The fourth-order valence-corrected chi connectivity index (χ4v) is 1.89. The molecule has 0 spiro atoms. The van der Waals surface area contributed by atoms with E-state index in [1.807, 2.05) is 6.92 Å². The third-order valence-corrected chi connectivity index (χ3v) is 2.91. The molecule has 1 unspecified atom stereocenters.